The fourth-order valence-electron chi connectivity index (χ4n) is 2.36. The van der Waals surface area contributed by atoms with Crippen molar-refractivity contribution in [3.8, 4) is 0 Å². The molecule has 0 aromatic heterocycles. The number of hydrogen-bond donors (Lipinski definition) is 0. The third-order valence-corrected chi connectivity index (χ3v) is 5.33. The monoisotopic (exact) mass is 278 g/mol. The zero-order valence-electron chi connectivity index (χ0n) is 13.2. The van der Waals surface area contributed by atoms with E-state index in [4.69, 9.17) is 4.43 Å². The topological polar surface area (TPSA) is 9.23 Å². The standard InChI is InChI=1S/C17H30OSi/c1-5-7-10-15-11-9-13-17(19-18-14(3)4)16(15)12-8-6-2/h9,11,13-14H,5-8,10,12,19H2,1-4H3. The molecule has 2 heteroatoms. The molecule has 0 saturated carbocycles. The molecule has 0 fully saturated rings. The van der Waals surface area contributed by atoms with Gasteiger partial charge in [-0.05, 0) is 55.8 Å². The summed E-state index contributed by atoms with van der Waals surface area (Å²) in [6, 6.07) is 6.86. The highest BCUT2D eigenvalue weighted by molar-refractivity contribution is 6.47. The number of rotatable bonds is 9. The van der Waals surface area contributed by atoms with Crippen LogP contribution < -0.4 is 5.19 Å². The van der Waals surface area contributed by atoms with Crippen LogP contribution in [0.4, 0.5) is 0 Å². The van der Waals surface area contributed by atoms with Gasteiger partial charge in [0.15, 0.2) is 9.76 Å². The molecular weight excluding hydrogens is 248 g/mol. The van der Waals surface area contributed by atoms with Crippen molar-refractivity contribution in [1.82, 2.24) is 0 Å². The summed E-state index contributed by atoms with van der Waals surface area (Å²) in [5.41, 5.74) is 3.19. The fraction of sp³-hybridized carbons (Fsp3) is 0.647. The molecule has 0 unspecified atom stereocenters. The summed E-state index contributed by atoms with van der Waals surface area (Å²) >= 11 is 0. The summed E-state index contributed by atoms with van der Waals surface area (Å²) in [5.74, 6) is 0. The van der Waals surface area contributed by atoms with Gasteiger partial charge in [0.25, 0.3) is 0 Å². The zero-order valence-corrected chi connectivity index (χ0v) is 14.6. The predicted molar refractivity (Wildman–Crippen MR) is 88.1 cm³/mol. The SMILES string of the molecule is CCCCc1cccc([SiH2]OC(C)C)c1CCCC. The molecule has 0 aliphatic carbocycles. The quantitative estimate of drug-likeness (QED) is 0.628. The van der Waals surface area contributed by atoms with E-state index in [1.165, 1.54) is 43.7 Å². The summed E-state index contributed by atoms with van der Waals surface area (Å²) < 4.78 is 5.95. The lowest BCUT2D eigenvalue weighted by molar-refractivity contribution is 0.260. The van der Waals surface area contributed by atoms with Crippen molar-refractivity contribution in [2.45, 2.75) is 72.3 Å². The van der Waals surface area contributed by atoms with E-state index >= 15 is 0 Å². The Kier molecular flexibility index (Phi) is 8.07. The molecule has 0 N–H and O–H groups in total. The van der Waals surface area contributed by atoms with Crippen molar-refractivity contribution in [1.29, 1.82) is 0 Å². The average molecular weight is 279 g/mol. The molecule has 1 aromatic rings. The van der Waals surface area contributed by atoms with Gasteiger partial charge in [-0.15, -0.1) is 0 Å². The maximum absolute atomic E-state index is 5.95. The molecule has 0 radical (unpaired) electrons. The highest BCUT2D eigenvalue weighted by Gasteiger charge is 2.09. The van der Waals surface area contributed by atoms with Gasteiger partial charge in [-0.25, -0.2) is 0 Å². The third-order valence-electron chi connectivity index (χ3n) is 3.52. The minimum absolute atomic E-state index is 0.366. The largest absolute Gasteiger partial charge is 0.416 e. The molecule has 0 heterocycles. The molecule has 1 nitrogen and oxygen atoms in total. The van der Waals surface area contributed by atoms with Crippen LogP contribution in [0.3, 0.4) is 0 Å². The lowest BCUT2D eigenvalue weighted by atomic mass is 9.98. The van der Waals surface area contributed by atoms with Gasteiger partial charge in [-0.1, -0.05) is 44.9 Å². The van der Waals surface area contributed by atoms with Crippen LogP contribution in [0.5, 0.6) is 0 Å². The Morgan fingerprint density at radius 1 is 1.05 bits per heavy atom. The van der Waals surface area contributed by atoms with Gasteiger partial charge in [0.1, 0.15) is 0 Å². The van der Waals surface area contributed by atoms with Gasteiger partial charge in [0.05, 0.1) is 0 Å². The summed E-state index contributed by atoms with van der Waals surface area (Å²) in [6.45, 7) is 8.82. The van der Waals surface area contributed by atoms with Gasteiger partial charge < -0.3 is 4.43 Å². The molecular formula is C17H30OSi. The second-order valence-electron chi connectivity index (χ2n) is 5.62. The van der Waals surface area contributed by atoms with Crippen LogP contribution in [0.2, 0.25) is 0 Å². The zero-order chi connectivity index (χ0) is 14.1. The van der Waals surface area contributed by atoms with E-state index in [-0.39, 0.29) is 0 Å². The van der Waals surface area contributed by atoms with Crippen molar-refractivity contribution >= 4 is 14.9 Å². The minimum Gasteiger partial charge on any atom is -0.416 e. The molecule has 0 amide bonds. The summed E-state index contributed by atoms with van der Waals surface area (Å²) in [7, 11) is -0.560. The highest BCUT2D eigenvalue weighted by Crippen LogP contribution is 2.13. The molecule has 1 rings (SSSR count). The van der Waals surface area contributed by atoms with E-state index in [1.54, 1.807) is 11.1 Å². The van der Waals surface area contributed by atoms with Gasteiger partial charge in [0, 0.05) is 6.10 Å². The normalized spacial score (nSPS) is 11.8. The Morgan fingerprint density at radius 2 is 1.74 bits per heavy atom. The van der Waals surface area contributed by atoms with Crippen LogP contribution in [0.15, 0.2) is 18.2 Å². The van der Waals surface area contributed by atoms with Crippen molar-refractivity contribution in [2.24, 2.45) is 0 Å². The van der Waals surface area contributed by atoms with Crippen LogP contribution in [0.1, 0.15) is 64.5 Å². The maximum atomic E-state index is 5.95. The van der Waals surface area contributed by atoms with Crippen molar-refractivity contribution in [3.05, 3.63) is 29.3 Å². The maximum Gasteiger partial charge on any atom is 0.192 e. The van der Waals surface area contributed by atoms with Gasteiger partial charge in [0.2, 0.25) is 0 Å². The molecule has 0 aliphatic heterocycles. The van der Waals surface area contributed by atoms with Crippen molar-refractivity contribution in [3.63, 3.8) is 0 Å². The first-order valence-electron chi connectivity index (χ1n) is 7.90. The van der Waals surface area contributed by atoms with Gasteiger partial charge in [-0.2, -0.15) is 0 Å². The molecule has 0 aliphatic rings. The van der Waals surface area contributed by atoms with E-state index < -0.39 is 9.76 Å². The second-order valence-corrected chi connectivity index (χ2v) is 7.01. The van der Waals surface area contributed by atoms with Crippen LogP contribution in [0.25, 0.3) is 0 Å². The minimum atomic E-state index is -0.560. The van der Waals surface area contributed by atoms with Crippen LogP contribution in [-0.2, 0) is 17.3 Å². The molecule has 1 aromatic carbocycles. The Bertz CT molecular complexity index is 360. The third kappa shape index (κ3) is 5.92. The average Bonchev–Trinajstić information content (AvgIpc) is 2.41. The van der Waals surface area contributed by atoms with E-state index in [9.17, 15) is 0 Å². The lowest BCUT2D eigenvalue weighted by Crippen LogP contribution is -2.26. The first kappa shape index (κ1) is 16.5. The molecule has 0 saturated heterocycles. The van der Waals surface area contributed by atoms with E-state index in [2.05, 4.69) is 45.9 Å². The van der Waals surface area contributed by atoms with E-state index in [0.29, 0.717) is 6.10 Å². The highest BCUT2D eigenvalue weighted by atomic mass is 28.2. The number of aryl methyl sites for hydroxylation is 1. The number of unbranched alkanes of at least 4 members (excludes halogenated alkanes) is 2. The summed E-state index contributed by atoms with van der Waals surface area (Å²) in [4.78, 5) is 0. The number of benzene rings is 1. The molecule has 0 bridgehead atoms. The first-order valence-corrected chi connectivity index (χ1v) is 9.18. The molecule has 0 spiro atoms. The molecule has 0 atom stereocenters. The van der Waals surface area contributed by atoms with Crippen molar-refractivity contribution in [2.75, 3.05) is 0 Å². The summed E-state index contributed by atoms with van der Waals surface area (Å²) in [5, 5.41) is 1.54. The van der Waals surface area contributed by atoms with Crippen LogP contribution in [-0.4, -0.2) is 15.9 Å². The summed E-state index contributed by atoms with van der Waals surface area (Å²) in [6.07, 6.45) is 7.98. The Hall–Kier alpha value is -0.603. The number of hydrogen-bond acceptors (Lipinski definition) is 1. The smallest absolute Gasteiger partial charge is 0.192 e. The molecule has 19 heavy (non-hydrogen) atoms. The van der Waals surface area contributed by atoms with Crippen LogP contribution >= 0.6 is 0 Å². The van der Waals surface area contributed by atoms with Crippen LogP contribution in [0, 0.1) is 0 Å². The Labute approximate surface area is 121 Å². The van der Waals surface area contributed by atoms with Gasteiger partial charge in [-0.3, -0.25) is 0 Å². The Morgan fingerprint density at radius 3 is 2.37 bits per heavy atom. The second kappa shape index (κ2) is 9.32. The lowest BCUT2D eigenvalue weighted by Gasteiger charge is -2.16. The fourth-order valence-corrected chi connectivity index (χ4v) is 3.68. The first-order chi connectivity index (χ1) is 9.19. The van der Waals surface area contributed by atoms with E-state index in [1.807, 2.05) is 0 Å². The van der Waals surface area contributed by atoms with Crippen molar-refractivity contribution < 1.29 is 4.43 Å². The predicted octanol–water partition coefficient (Wildman–Crippen LogP) is 3.51. The van der Waals surface area contributed by atoms with E-state index in [0.717, 1.165) is 0 Å². The molecule has 108 valence electrons. The Balaban J connectivity index is 2.86. The van der Waals surface area contributed by atoms with Gasteiger partial charge >= 0.3 is 0 Å².